The third-order valence-corrected chi connectivity index (χ3v) is 6.55. The average Bonchev–Trinajstić information content (AvgIpc) is 3.52. The molecule has 7 nitrogen and oxygen atoms in total. The monoisotopic (exact) mass is 597 g/mol. The van der Waals surface area contributed by atoms with Gasteiger partial charge in [0.25, 0.3) is 0 Å². The van der Waals surface area contributed by atoms with Crippen molar-refractivity contribution >= 4 is 22.8 Å². The summed E-state index contributed by atoms with van der Waals surface area (Å²) in [6.45, 7) is 12.8. The fraction of sp³-hybridized carbons (Fsp3) is 0.400. The molecule has 2 heterocycles. The fourth-order valence-corrected chi connectivity index (χ4v) is 4.13. The number of hydrogen-bond donors (Lipinski definition) is 1. The predicted molar refractivity (Wildman–Crippen MR) is 135 cm³/mol. The van der Waals surface area contributed by atoms with Crippen molar-refractivity contribution in [3.8, 4) is 11.5 Å². The maximum Gasteiger partial charge on any atom is 2.00 e. The van der Waals surface area contributed by atoms with Crippen LogP contribution in [0, 0.1) is 51.4 Å². The molecule has 1 aliphatic carbocycles. The number of quaternary nitrogens is 1. The van der Waals surface area contributed by atoms with E-state index in [1.54, 1.807) is 14.2 Å². The number of ether oxygens (including phenoxy) is 2. The molecule has 3 aliphatic rings. The molecule has 0 amide bonds. The largest absolute Gasteiger partial charge is 2.00 e. The van der Waals surface area contributed by atoms with Gasteiger partial charge in [0.1, 0.15) is 5.71 Å². The number of halogens is 3. The summed E-state index contributed by atoms with van der Waals surface area (Å²) >= 11 is 0. The molecule has 209 valence electrons. The number of nitrogens with zero attached hydrogens (tertiary/aromatic N) is 1. The van der Waals surface area contributed by atoms with Gasteiger partial charge in [-0.05, 0) is 77.0 Å². The van der Waals surface area contributed by atoms with E-state index in [0.717, 1.165) is 24.5 Å². The number of methoxy groups -OCH3 is 2. The molecule has 4 rings (SSSR count). The van der Waals surface area contributed by atoms with E-state index in [2.05, 4.69) is 63.6 Å². The molecule has 1 saturated heterocycles. The van der Waals surface area contributed by atoms with E-state index in [-0.39, 0.29) is 22.6 Å². The van der Waals surface area contributed by atoms with Gasteiger partial charge in [-0.25, -0.2) is 8.42 Å². The Hall–Kier alpha value is -1.27. The molecule has 13 heteroatoms. The quantitative estimate of drug-likeness (QED) is 0.329. The molecule has 0 aromatic heterocycles. The molecule has 2 fully saturated rings. The van der Waals surface area contributed by atoms with E-state index in [9.17, 15) is 13.2 Å². The number of benzene rings is 1. The van der Waals surface area contributed by atoms with Gasteiger partial charge in [-0.3, -0.25) is 0 Å². The van der Waals surface area contributed by atoms with E-state index < -0.39 is 15.6 Å². The van der Waals surface area contributed by atoms with Crippen LogP contribution in [0.1, 0.15) is 38.8 Å². The van der Waals surface area contributed by atoms with Gasteiger partial charge in [0.2, 0.25) is 0 Å². The normalized spacial score (nSPS) is 19.9. The third-order valence-electron chi connectivity index (χ3n) is 5.98. The summed E-state index contributed by atoms with van der Waals surface area (Å²) in [5.41, 5.74) is -1.56. The van der Waals surface area contributed by atoms with E-state index >= 15 is 0 Å². The zero-order valence-electron chi connectivity index (χ0n) is 22.1. The van der Waals surface area contributed by atoms with E-state index in [4.69, 9.17) is 22.4 Å². The molecule has 1 aromatic rings. The van der Waals surface area contributed by atoms with Crippen LogP contribution in [0.2, 0.25) is 0 Å². The van der Waals surface area contributed by atoms with E-state index in [0.29, 0.717) is 6.98 Å². The third kappa shape index (κ3) is 9.15. The molecule has 0 spiro atoms. The number of nitrogens with one attached hydrogen (secondary N) is 1. The van der Waals surface area contributed by atoms with Gasteiger partial charge < -0.3 is 23.3 Å². The smallest absolute Gasteiger partial charge is 0.741 e. The summed E-state index contributed by atoms with van der Waals surface area (Å²) in [6, 6.07) is 4.24. The van der Waals surface area contributed by atoms with Crippen molar-refractivity contribution in [2.75, 3.05) is 20.8 Å². The van der Waals surface area contributed by atoms with Crippen molar-refractivity contribution in [3.63, 3.8) is 0 Å². The minimum atomic E-state index is -6.09. The van der Waals surface area contributed by atoms with Crippen LogP contribution in [0.5, 0.6) is 11.5 Å². The molecule has 1 unspecified atom stereocenters. The zero-order chi connectivity index (χ0) is 28.0. The van der Waals surface area contributed by atoms with Gasteiger partial charge in [-0.15, -0.1) is 0 Å². The van der Waals surface area contributed by atoms with E-state index in [1.807, 2.05) is 32.1 Å². The van der Waals surface area contributed by atoms with Crippen LogP contribution in [-0.2, 0) is 33.6 Å². The molecule has 1 aromatic carbocycles. The summed E-state index contributed by atoms with van der Waals surface area (Å²) in [4.78, 5) is 1.48. The Morgan fingerprint density at radius 2 is 1.45 bits per heavy atom. The minimum absolute atomic E-state index is 0. The Labute approximate surface area is 236 Å². The Bertz CT molecular complexity index is 1050. The second-order valence-electron chi connectivity index (χ2n) is 9.46. The van der Waals surface area contributed by atoms with Crippen LogP contribution in [0.3, 0.4) is 0 Å². The molecule has 1 N–H and O–H groups in total. The standard InChI is InChI=1S/C19H28BN2O2.C5H5.CHF3O3S.Fe/c1-14-16-13-18(24-6)17(23-5)12-15(16)8-11-21(14)20-9-7-10-22(20)19(2,3)4;1-2-4-5-3-1;2-1(3,4)8(5,6)7;/h7,9-10,12-13,22H,8,11H2,1-6H3;1-5H;(H,5,6,7);/q+1;;;+2/p-1. The second kappa shape index (κ2) is 14.4. The number of rotatable bonds is 3. The van der Waals surface area contributed by atoms with E-state index in [1.165, 1.54) is 21.6 Å². The van der Waals surface area contributed by atoms with Crippen LogP contribution < -0.4 is 14.3 Å². The first-order valence-corrected chi connectivity index (χ1v) is 13.0. The Balaban J connectivity index is 0.000000426. The Kier molecular flexibility index (Phi) is 13.2. The molecule has 2 aliphatic heterocycles. The SMILES string of the molecule is COc1cc2c(cc1OC)C(C)=[N+]([B-]1[CH][CH][CH][NH+]1C(C)(C)C)CC2.O=S(=O)([O-])C(F)(F)F.[CH]1[CH][CH][CH][CH]1.[Fe+2]. The zero-order valence-corrected chi connectivity index (χ0v) is 24.1. The molecular weight excluding hydrogens is 564 g/mol. The maximum atomic E-state index is 10.7. The van der Waals surface area contributed by atoms with Crippen LogP contribution in [0.15, 0.2) is 12.1 Å². The molecular formula is C25H33BF3FeN2O5S+2. The van der Waals surface area contributed by atoms with Crippen molar-refractivity contribution in [2.24, 2.45) is 0 Å². The first-order valence-electron chi connectivity index (χ1n) is 11.5. The average molecular weight is 597 g/mol. The van der Waals surface area contributed by atoms with Gasteiger partial charge in [-0.1, -0.05) is 6.32 Å². The van der Waals surface area contributed by atoms with Gasteiger partial charge in [0.05, 0.1) is 32.8 Å². The van der Waals surface area contributed by atoms with Gasteiger partial charge in [0.15, 0.2) is 21.6 Å². The van der Waals surface area contributed by atoms with Crippen molar-refractivity contribution < 1.29 is 62.0 Å². The number of alkyl halides is 3. The molecule has 9 radical (unpaired) electrons. The Morgan fingerprint density at radius 3 is 1.87 bits per heavy atom. The summed E-state index contributed by atoms with van der Waals surface area (Å²) < 4.78 is 72.4. The van der Waals surface area contributed by atoms with Crippen LogP contribution in [0.25, 0.3) is 0 Å². The van der Waals surface area contributed by atoms with Crippen LogP contribution >= 0.6 is 0 Å². The van der Waals surface area contributed by atoms with Crippen molar-refractivity contribution in [2.45, 2.75) is 45.2 Å². The van der Waals surface area contributed by atoms with Crippen molar-refractivity contribution in [1.82, 2.24) is 0 Å². The summed E-state index contributed by atoms with van der Waals surface area (Å²) in [5.74, 6) is 1.61. The maximum absolute atomic E-state index is 10.7. The molecule has 1 saturated carbocycles. The molecule has 38 heavy (non-hydrogen) atoms. The summed E-state index contributed by atoms with van der Waals surface area (Å²) in [5, 5.41) is 0. The molecule has 0 bridgehead atoms. The van der Waals surface area contributed by atoms with Crippen LogP contribution in [0.4, 0.5) is 13.2 Å². The first kappa shape index (κ1) is 34.8. The fourth-order valence-electron chi connectivity index (χ4n) is 4.13. The van der Waals surface area contributed by atoms with Crippen LogP contribution in [-0.4, -0.2) is 62.0 Å². The summed E-state index contributed by atoms with van der Waals surface area (Å²) in [6.07, 6.45) is 15.5. The van der Waals surface area contributed by atoms with Gasteiger partial charge in [0, 0.05) is 18.9 Å². The second-order valence-corrected chi connectivity index (χ2v) is 10.8. The first-order chi connectivity index (χ1) is 17.1. The minimum Gasteiger partial charge on any atom is -0.741 e. The van der Waals surface area contributed by atoms with Gasteiger partial charge >= 0.3 is 29.6 Å². The van der Waals surface area contributed by atoms with Crippen molar-refractivity contribution in [1.29, 1.82) is 0 Å². The topological polar surface area (TPSA) is 83.1 Å². The predicted octanol–water partition coefficient (Wildman–Crippen LogP) is 2.45. The number of fused-ring (bicyclic) bond motifs is 1. The summed E-state index contributed by atoms with van der Waals surface area (Å²) in [7, 11) is -2.70. The molecule has 1 atom stereocenters. The Morgan fingerprint density at radius 1 is 0.974 bits per heavy atom. The van der Waals surface area contributed by atoms with Crippen molar-refractivity contribution in [3.05, 3.63) is 74.6 Å². The number of hydrogen-bond acceptors (Lipinski definition) is 5. The van der Waals surface area contributed by atoms with Gasteiger partial charge in [-0.2, -0.15) is 13.2 Å².